The molecule has 0 bridgehead atoms. The molecule has 4 rings (SSSR count). The van der Waals surface area contributed by atoms with E-state index in [1.807, 2.05) is 17.5 Å². The summed E-state index contributed by atoms with van der Waals surface area (Å²) in [5, 5.41) is 13.1. The van der Waals surface area contributed by atoms with Gasteiger partial charge in [-0.2, -0.15) is 0 Å². The van der Waals surface area contributed by atoms with Gasteiger partial charge in [-0.1, -0.05) is 11.8 Å². The fraction of sp³-hybridized carbons (Fsp3) is 0.143. The summed E-state index contributed by atoms with van der Waals surface area (Å²) in [4.78, 5) is 16.8. The van der Waals surface area contributed by atoms with Crippen LogP contribution in [0.1, 0.15) is 0 Å². The Morgan fingerprint density at radius 3 is 2.72 bits per heavy atom. The van der Waals surface area contributed by atoms with Gasteiger partial charge in [0, 0.05) is 22.6 Å². The van der Waals surface area contributed by atoms with Crippen LogP contribution < -0.4 is 14.8 Å². The number of carbonyl (C=O) groups is 1. The molecule has 0 saturated heterocycles. The summed E-state index contributed by atoms with van der Waals surface area (Å²) in [5.41, 5.74) is 2.07. The number of carbonyl (C=O) groups excluding carboxylic acids is 1. The summed E-state index contributed by atoms with van der Waals surface area (Å²) < 4.78 is 29.2. The minimum absolute atomic E-state index is 0.0613. The van der Waals surface area contributed by atoms with E-state index in [-0.39, 0.29) is 28.6 Å². The number of halogens is 1. The molecule has 0 radical (unpaired) electrons. The average Bonchev–Trinajstić information content (AvgIpc) is 3.47. The first-order valence-corrected chi connectivity index (χ1v) is 11.1. The Morgan fingerprint density at radius 2 is 1.97 bits per heavy atom. The molecule has 0 saturated carbocycles. The van der Waals surface area contributed by atoms with E-state index in [2.05, 4.69) is 20.5 Å². The van der Waals surface area contributed by atoms with Crippen LogP contribution >= 0.6 is 23.1 Å². The van der Waals surface area contributed by atoms with Crippen LogP contribution in [0.25, 0.3) is 22.7 Å². The number of rotatable bonds is 8. The van der Waals surface area contributed by atoms with E-state index in [9.17, 15) is 9.18 Å². The van der Waals surface area contributed by atoms with Crippen molar-refractivity contribution in [3.8, 4) is 34.2 Å². The van der Waals surface area contributed by atoms with Crippen molar-refractivity contribution in [1.82, 2.24) is 15.2 Å². The lowest BCUT2D eigenvalue weighted by molar-refractivity contribution is -0.113. The van der Waals surface area contributed by atoms with Gasteiger partial charge in [-0.05, 0) is 36.4 Å². The van der Waals surface area contributed by atoms with Crippen molar-refractivity contribution in [1.29, 1.82) is 0 Å². The molecule has 0 aliphatic carbocycles. The lowest BCUT2D eigenvalue weighted by atomic mass is 10.1. The van der Waals surface area contributed by atoms with E-state index in [0.29, 0.717) is 27.9 Å². The van der Waals surface area contributed by atoms with Crippen molar-refractivity contribution < 1.29 is 23.1 Å². The van der Waals surface area contributed by atoms with Crippen LogP contribution in [0, 0.1) is 5.82 Å². The van der Waals surface area contributed by atoms with Crippen LogP contribution in [0.15, 0.2) is 57.5 Å². The third kappa shape index (κ3) is 5.06. The van der Waals surface area contributed by atoms with Crippen molar-refractivity contribution in [3.63, 3.8) is 0 Å². The number of ether oxygens (including phenoxy) is 2. The number of thioether (sulfide) groups is 1. The molecule has 0 aliphatic heterocycles. The van der Waals surface area contributed by atoms with Gasteiger partial charge in [0.1, 0.15) is 17.3 Å². The molecule has 32 heavy (non-hydrogen) atoms. The molecule has 2 aromatic heterocycles. The molecule has 0 fully saturated rings. The summed E-state index contributed by atoms with van der Waals surface area (Å²) in [6, 6.07) is 11.1. The highest BCUT2D eigenvalue weighted by Crippen LogP contribution is 2.35. The summed E-state index contributed by atoms with van der Waals surface area (Å²) >= 11 is 2.40. The predicted molar refractivity (Wildman–Crippen MR) is 120 cm³/mol. The molecule has 11 heteroatoms. The van der Waals surface area contributed by atoms with Crippen LogP contribution in [0.2, 0.25) is 0 Å². The number of anilines is 1. The Balaban J connectivity index is 1.36. The fourth-order valence-corrected chi connectivity index (χ4v) is 4.01. The van der Waals surface area contributed by atoms with Gasteiger partial charge in [-0.25, -0.2) is 9.37 Å². The quantitative estimate of drug-likeness (QED) is 0.367. The van der Waals surface area contributed by atoms with Gasteiger partial charge >= 0.3 is 0 Å². The van der Waals surface area contributed by atoms with Crippen LogP contribution in [-0.2, 0) is 4.79 Å². The molecule has 0 unspecified atom stereocenters. The Labute approximate surface area is 190 Å². The molecule has 0 atom stereocenters. The maximum atomic E-state index is 13.0. The summed E-state index contributed by atoms with van der Waals surface area (Å²) in [6.07, 6.45) is 0. The topological polar surface area (TPSA) is 99.4 Å². The normalized spacial score (nSPS) is 10.7. The maximum absolute atomic E-state index is 13.0. The predicted octanol–water partition coefficient (Wildman–Crippen LogP) is 4.75. The van der Waals surface area contributed by atoms with E-state index in [4.69, 9.17) is 13.9 Å². The Kier molecular flexibility index (Phi) is 6.66. The molecule has 0 aliphatic rings. The number of nitrogens with zero attached hydrogens (tertiary/aromatic N) is 3. The SMILES string of the molecule is COc1ccc(-c2csc(NC(=O)CSc3nnc(-c4ccc(F)cc4)o3)n2)c(OC)c1. The molecular formula is C21H17FN4O4S2. The second-order valence-corrected chi connectivity index (χ2v) is 8.11. The average molecular weight is 473 g/mol. The number of amides is 1. The Bertz CT molecular complexity index is 1230. The standard InChI is InChI=1S/C21H17FN4O4S2/c1-28-14-7-8-15(17(9-14)29-2)16-10-31-20(23-16)24-18(27)11-32-21-26-25-19(30-21)12-3-5-13(22)6-4-12/h3-10H,11H2,1-2H3,(H,23,24,27). The maximum Gasteiger partial charge on any atom is 0.277 e. The summed E-state index contributed by atoms with van der Waals surface area (Å²) in [6.45, 7) is 0. The highest BCUT2D eigenvalue weighted by molar-refractivity contribution is 7.99. The molecule has 1 amide bonds. The molecule has 8 nitrogen and oxygen atoms in total. The molecule has 164 valence electrons. The summed E-state index contributed by atoms with van der Waals surface area (Å²) in [7, 11) is 3.16. The third-order valence-corrected chi connectivity index (χ3v) is 5.84. The van der Waals surface area contributed by atoms with Crippen molar-refractivity contribution in [2.75, 3.05) is 25.3 Å². The van der Waals surface area contributed by atoms with Gasteiger partial charge in [-0.3, -0.25) is 4.79 Å². The number of hydrogen-bond donors (Lipinski definition) is 1. The lowest BCUT2D eigenvalue weighted by Crippen LogP contribution is -2.13. The van der Waals surface area contributed by atoms with Gasteiger partial charge < -0.3 is 19.2 Å². The first-order chi connectivity index (χ1) is 15.6. The van der Waals surface area contributed by atoms with Crippen LogP contribution in [-0.4, -0.2) is 41.1 Å². The van der Waals surface area contributed by atoms with Gasteiger partial charge in [-0.15, -0.1) is 21.5 Å². The van der Waals surface area contributed by atoms with Crippen molar-refractivity contribution in [2.24, 2.45) is 0 Å². The molecule has 2 aromatic carbocycles. The molecule has 1 N–H and O–H groups in total. The summed E-state index contributed by atoms with van der Waals surface area (Å²) in [5.74, 6) is 0.998. The largest absolute Gasteiger partial charge is 0.497 e. The van der Waals surface area contributed by atoms with E-state index >= 15 is 0 Å². The minimum atomic E-state index is -0.352. The second-order valence-electron chi connectivity index (χ2n) is 6.32. The number of hydrogen-bond acceptors (Lipinski definition) is 9. The van der Waals surface area contributed by atoms with Crippen LogP contribution in [0.4, 0.5) is 9.52 Å². The first-order valence-electron chi connectivity index (χ1n) is 9.25. The second kappa shape index (κ2) is 9.79. The lowest BCUT2D eigenvalue weighted by Gasteiger charge is -2.08. The van der Waals surface area contributed by atoms with E-state index < -0.39 is 0 Å². The molecule has 2 heterocycles. The van der Waals surface area contributed by atoms with Gasteiger partial charge in [0.05, 0.1) is 25.7 Å². The van der Waals surface area contributed by atoms with Crippen molar-refractivity contribution >= 4 is 34.1 Å². The van der Waals surface area contributed by atoms with Gasteiger partial charge in [0.2, 0.25) is 11.8 Å². The van der Waals surface area contributed by atoms with Gasteiger partial charge in [0.15, 0.2) is 5.13 Å². The third-order valence-electron chi connectivity index (χ3n) is 4.26. The highest BCUT2D eigenvalue weighted by Gasteiger charge is 2.15. The van der Waals surface area contributed by atoms with E-state index in [1.54, 1.807) is 32.4 Å². The molecule has 4 aromatic rings. The number of thiazole rings is 1. The Morgan fingerprint density at radius 1 is 1.16 bits per heavy atom. The zero-order valence-corrected chi connectivity index (χ0v) is 18.6. The fourth-order valence-electron chi connectivity index (χ4n) is 2.72. The molecule has 0 spiro atoms. The van der Waals surface area contributed by atoms with Gasteiger partial charge in [0.25, 0.3) is 5.22 Å². The van der Waals surface area contributed by atoms with Crippen LogP contribution in [0.5, 0.6) is 11.5 Å². The highest BCUT2D eigenvalue weighted by atomic mass is 32.2. The minimum Gasteiger partial charge on any atom is -0.497 e. The Hall–Kier alpha value is -3.44. The number of benzene rings is 2. The smallest absolute Gasteiger partial charge is 0.277 e. The van der Waals surface area contributed by atoms with Crippen molar-refractivity contribution in [2.45, 2.75) is 5.22 Å². The number of methoxy groups -OCH3 is 2. The number of aromatic nitrogens is 3. The van der Waals surface area contributed by atoms with E-state index in [0.717, 1.165) is 17.3 Å². The zero-order chi connectivity index (χ0) is 22.5. The zero-order valence-electron chi connectivity index (χ0n) is 17.0. The van der Waals surface area contributed by atoms with E-state index in [1.165, 1.54) is 23.5 Å². The monoisotopic (exact) mass is 472 g/mol. The molecular weight excluding hydrogens is 455 g/mol. The van der Waals surface area contributed by atoms with Crippen LogP contribution in [0.3, 0.4) is 0 Å². The first kappa shape index (κ1) is 21.8. The number of nitrogens with one attached hydrogen (secondary N) is 1. The van der Waals surface area contributed by atoms with Crippen molar-refractivity contribution in [3.05, 3.63) is 53.7 Å².